The molecule has 0 bridgehead atoms. The first kappa shape index (κ1) is 21.7. The van der Waals surface area contributed by atoms with Crippen LogP contribution in [0.1, 0.15) is 40.3 Å². The Morgan fingerprint density at radius 3 is 2.83 bits per heavy atom. The molecule has 1 amide bonds. The van der Waals surface area contributed by atoms with Gasteiger partial charge in [0.25, 0.3) is 5.91 Å². The minimum atomic E-state index is -0.0430. The van der Waals surface area contributed by atoms with Crippen LogP contribution in [0.25, 0.3) is 10.9 Å². The minimum Gasteiger partial charge on any atom is -0.454 e. The molecule has 0 saturated carbocycles. The first-order chi connectivity index (χ1) is 17.2. The Balaban J connectivity index is 1.20. The average molecular weight is 473 g/mol. The summed E-state index contributed by atoms with van der Waals surface area (Å²) in [5.74, 6) is 2.05. The van der Waals surface area contributed by atoms with E-state index >= 15 is 0 Å². The number of carbonyl (C=O) groups excluding carboxylic acids is 1. The van der Waals surface area contributed by atoms with Crippen LogP contribution in [0.3, 0.4) is 0 Å². The molecule has 2 aromatic heterocycles. The monoisotopic (exact) mass is 472 g/mol. The van der Waals surface area contributed by atoms with E-state index in [1.165, 1.54) is 17.2 Å². The Bertz CT molecular complexity index is 1340. The van der Waals surface area contributed by atoms with Crippen LogP contribution in [0.15, 0.2) is 59.3 Å². The number of fused-ring (bicyclic) bond motifs is 2. The van der Waals surface area contributed by atoms with Gasteiger partial charge in [-0.25, -0.2) is 4.98 Å². The summed E-state index contributed by atoms with van der Waals surface area (Å²) in [4.78, 5) is 24.7. The van der Waals surface area contributed by atoms with E-state index in [1.807, 2.05) is 23.1 Å². The zero-order valence-corrected chi connectivity index (χ0v) is 19.5. The molecule has 4 heterocycles. The van der Waals surface area contributed by atoms with Crippen molar-refractivity contribution in [1.29, 1.82) is 0 Å². The number of carbonyl (C=O) groups is 1. The largest absolute Gasteiger partial charge is 0.454 e. The van der Waals surface area contributed by atoms with Gasteiger partial charge in [0.2, 0.25) is 12.7 Å². The number of H-pyrrole nitrogens is 1. The van der Waals surface area contributed by atoms with Crippen molar-refractivity contribution in [3.8, 4) is 11.5 Å². The lowest BCUT2D eigenvalue weighted by Gasteiger charge is -2.21. The minimum absolute atomic E-state index is 0.0430. The molecule has 6 rings (SSSR count). The molecule has 4 aromatic rings. The lowest BCUT2D eigenvalue weighted by atomic mass is 10.1. The average Bonchev–Trinajstić information content (AvgIpc) is 3.69. The predicted octanol–water partition coefficient (Wildman–Crippen LogP) is 4.37. The summed E-state index contributed by atoms with van der Waals surface area (Å²) in [7, 11) is 0. The highest BCUT2D eigenvalue weighted by molar-refractivity contribution is 5.92. The van der Waals surface area contributed by atoms with Gasteiger partial charge in [0, 0.05) is 43.3 Å². The quantitative estimate of drug-likeness (QED) is 0.410. The Kier molecular flexibility index (Phi) is 5.88. The molecule has 0 unspecified atom stereocenters. The van der Waals surface area contributed by atoms with Crippen LogP contribution in [0.5, 0.6) is 11.5 Å². The SMILES string of the molecule is O=C(c1coc(CN(CCc2c[nH]c3ccccc23)Cc2ccc3c(c2)OCO3)n1)N1CCCC1. The first-order valence-corrected chi connectivity index (χ1v) is 12.1. The smallest absolute Gasteiger partial charge is 0.275 e. The van der Waals surface area contributed by atoms with Crippen LogP contribution >= 0.6 is 0 Å². The van der Waals surface area contributed by atoms with Gasteiger partial charge >= 0.3 is 0 Å². The lowest BCUT2D eigenvalue weighted by molar-refractivity contribution is 0.0787. The molecule has 2 aliphatic rings. The number of nitrogens with one attached hydrogen (secondary N) is 1. The Labute approximate surface area is 203 Å². The second kappa shape index (κ2) is 9.46. The molecule has 2 aromatic carbocycles. The summed E-state index contributed by atoms with van der Waals surface area (Å²) in [6.45, 7) is 3.84. The summed E-state index contributed by atoms with van der Waals surface area (Å²) in [5, 5.41) is 1.24. The van der Waals surface area contributed by atoms with Crippen molar-refractivity contribution in [3.05, 3.63) is 77.6 Å². The molecule has 1 fully saturated rings. The van der Waals surface area contributed by atoms with Gasteiger partial charge in [0.15, 0.2) is 17.2 Å². The van der Waals surface area contributed by atoms with Crippen molar-refractivity contribution in [2.24, 2.45) is 0 Å². The van der Waals surface area contributed by atoms with Gasteiger partial charge in [-0.3, -0.25) is 9.69 Å². The fourth-order valence-electron chi connectivity index (χ4n) is 4.88. The molecule has 0 spiro atoms. The highest BCUT2D eigenvalue weighted by Gasteiger charge is 2.23. The van der Waals surface area contributed by atoms with E-state index in [-0.39, 0.29) is 12.7 Å². The number of benzene rings is 2. The summed E-state index contributed by atoms with van der Waals surface area (Å²) >= 11 is 0. The third-order valence-corrected chi connectivity index (χ3v) is 6.74. The number of rotatable bonds is 8. The van der Waals surface area contributed by atoms with Gasteiger partial charge in [-0.05, 0) is 48.6 Å². The lowest BCUT2D eigenvalue weighted by Crippen LogP contribution is -2.28. The number of ether oxygens (including phenoxy) is 2. The Morgan fingerprint density at radius 2 is 1.91 bits per heavy atom. The Hall–Kier alpha value is -3.78. The first-order valence-electron chi connectivity index (χ1n) is 12.1. The van der Waals surface area contributed by atoms with Crippen molar-refractivity contribution < 1.29 is 18.7 Å². The van der Waals surface area contributed by atoms with Crippen molar-refractivity contribution >= 4 is 16.8 Å². The summed E-state index contributed by atoms with van der Waals surface area (Å²) in [5.41, 5.74) is 3.92. The normalized spacial score (nSPS) is 14.9. The van der Waals surface area contributed by atoms with E-state index < -0.39 is 0 Å². The number of hydrogen-bond acceptors (Lipinski definition) is 6. The standard InChI is InChI=1S/C27H28N4O4/c32-27(31-10-3-4-11-31)23-17-33-26(29-23)16-30(15-19-7-8-24-25(13-19)35-18-34-24)12-9-20-14-28-22-6-2-1-5-21(20)22/h1-2,5-8,13-14,17,28H,3-4,9-12,15-16,18H2. The number of hydrogen-bond donors (Lipinski definition) is 1. The van der Waals surface area contributed by atoms with E-state index in [0.717, 1.165) is 61.5 Å². The van der Waals surface area contributed by atoms with Crippen LogP contribution in [-0.4, -0.2) is 52.1 Å². The van der Waals surface area contributed by atoms with E-state index in [1.54, 1.807) is 0 Å². The predicted molar refractivity (Wildman–Crippen MR) is 130 cm³/mol. The number of likely N-dealkylation sites (tertiary alicyclic amines) is 1. The zero-order chi connectivity index (χ0) is 23.6. The highest BCUT2D eigenvalue weighted by Crippen LogP contribution is 2.33. The third kappa shape index (κ3) is 4.61. The number of nitrogens with zero attached hydrogens (tertiary/aromatic N) is 3. The third-order valence-electron chi connectivity index (χ3n) is 6.74. The van der Waals surface area contributed by atoms with Crippen molar-refractivity contribution in [2.45, 2.75) is 32.4 Å². The van der Waals surface area contributed by atoms with Crippen LogP contribution in [0, 0.1) is 0 Å². The van der Waals surface area contributed by atoms with E-state index in [9.17, 15) is 4.79 Å². The maximum atomic E-state index is 12.7. The van der Waals surface area contributed by atoms with Crippen molar-refractivity contribution in [2.75, 3.05) is 26.4 Å². The van der Waals surface area contributed by atoms with Gasteiger partial charge in [-0.1, -0.05) is 24.3 Å². The topological polar surface area (TPSA) is 83.8 Å². The summed E-state index contributed by atoms with van der Waals surface area (Å²) < 4.78 is 16.8. The maximum Gasteiger partial charge on any atom is 0.275 e. The fraction of sp³-hybridized carbons (Fsp3) is 0.333. The molecule has 8 nitrogen and oxygen atoms in total. The molecule has 2 aliphatic heterocycles. The van der Waals surface area contributed by atoms with Gasteiger partial charge in [0.05, 0.1) is 6.54 Å². The molecule has 0 aliphatic carbocycles. The molecule has 35 heavy (non-hydrogen) atoms. The summed E-state index contributed by atoms with van der Waals surface area (Å²) in [6, 6.07) is 14.4. The van der Waals surface area contributed by atoms with Crippen molar-refractivity contribution in [1.82, 2.24) is 19.8 Å². The van der Waals surface area contributed by atoms with Gasteiger partial charge in [-0.2, -0.15) is 0 Å². The molecular weight excluding hydrogens is 444 g/mol. The van der Waals surface area contributed by atoms with Gasteiger partial charge in [-0.15, -0.1) is 0 Å². The molecule has 0 atom stereocenters. The maximum absolute atomic E-state index is 12.7. The van der Waals surface area contributed by atoms with Crippen LogP contribution in [0.4, 0.5) is 0 Å². The molecule has 8 heteroatoms. The molecule has 1 saturated heterocycles. The Morgan fingerprint density at radius 1 is 1.06 bits per heavy atom. The van der Waals surface area contributed by atoms with Crippen LogP contribution < -0.4 is 9.47 Å². The molecule has 0 radical (unpaired) electrons. The highest BCUT2D eigenvalue weighted by atomic mass is 16.7. The van der Waals surface area contributed by atoms with E-state index in [4.69, 9.17) is 13.9 Å². The van der Waals surface area contributed by atoms with E-state index in [2.05, 4.69) is 45.3 Å². The number of aromatic amines is 1. The fourth-order valence-corrected chi connectivity index (χ4v) is 4.88. The van der Waals surface area contributed by atoms with E-state index in [0.29, 0.717) is 24.7 Å². The molecule has 180 valence electrons. The number of oxazole rings is 1. The second-order valence-corrected chi connectivity index (χ2v) is 9.13. The van der Waals surface area contributed by atoms with Gasteiger partial charge < -0.3 is 23.8 Å². The number of aromatic nitrogens is 2. The zero-order valence-electron chi connectivity index (χ0n) is 19.5. The summed E-state index contributed by atoms with van der Waals surface area (Å²) in [6.07, 6.45) is 6.55. The number of amides is 1. The van der Waals surface area contributed by atoms with Crippen molar-refractivity contribution in [3.63, 3.8) is 0 Å². The molecule has 1 N–H and O–H groups in total. The van der Waals surface area contributed by atoms with Gasteiger partial charge in [0.1, 0.15) is 6.26 Å². The number of para-hydroxylation sites is 1. The van der Waals surface area contributed by atoms with Crippen LogP contribution in [-0.2, 0) is 19.5 Å². The van der Waals surface area contributed by atoms with Crippen LogP contribution in [0.2, 0.25) is 0 Å². The molecular formula is C27H28N4O4. The second-order valence-electron chi connectivity index (χ2n) is 9.13.